The highest BCUT2D eigenvalue weighted by molar-refractivity contribution is 6.30. The van der Waals surface area contributed by atoms with Crippen LogP contribution in [-0.4, -0.2) is 9.97 Å². The van der Waals surface area contributed by atoms with E-state index >= 15 is 0 Å². The molecule has 0 aliphatic carbocycles. The third-order valence-electron chi connectivity index (χ3n) is 5.64. The molecule has 0 amide bonds. The molecule has 0 spiro atoms. The molecule has 136 valence electrons. The van der Waals surface area contributed by atoms with Crippen LogP contribution in [0.2, 0.25) is 0 Å². The van der Waals surface area contributed by atoms with Crippen LogP contribution in [-0.2, 0) is 0 Å². The van der Waals surface area contributed by atoms with E-state index in [-0.39, 0.29) is 0 Å². The zero-order valence-corrected chi connectivity index (χ0v) is 15.7. The molecule has 0 N–H and O–H groups in total. The summed E-state index contributed by atoms with van der Waals surface area (Å²) in [5.74, 6) is 0. The highest BCUT2D eigenvalue weighted by Crippen LogP contribution is 2.39. The molecule has 0 fully saturated rings. The van der Waals surface area contributed by atoms with Crippen LogP contribution >= 0.6 is 0 Å². The molecule has 0 aliphatic rings. The van der Waals surface area contributed by atoms with Crippen molar-refractivity contribution in [2.45, 2.75) is 0 Å². The largest absolute Gasteiger partial charge is 0.255 e. The zero-order valence-electron chi connectivity index (χ0n) is 15.7. The van der Waals surface area contributed by atoms with Gasteiger partial charge in [0.05, 0.1) is 34.7 Å². The van der Waals surface area contributed by atoms with E-state index in [1.54, 1.807) is 12.1 Å². The fourth-order valence-electron chi connectivity index (χ4n) is 4.33. The van der Waals surface area contributed by atoms with Crippen molar-refractivity contribution in [1.29, 1.82) is 5.26 Å². The van der Waals surface area contributed by atoms with Gasteiger partial charge >= 0.3 is 0 Å². The highest BCUT2D eigenvalue weighted by Gasteiger charge is 2.16. The first-order valence-corrected chi connectivity index (χ1v) is 9.54. The fourth-order valence-corrected chi connectivity index (χ4v) is 4.33. The van der Waals surface area contributed by atoms with Crippen LogP contribution in [0.1, 0.15) is 5.56 Å². The number of hydrogen-bond acceptors (Lipinski definition) is 3. The monoisotopic (exact) mass is 380 g/mol. The molecule has 4 nitrogen and oxygen atoms in total. The quantitative estimate of drug-likeness (QED) is 0.168. The van der Waals surface area contributed by atoms with E-state index < -0.39 is 0 Å². The van der Waals surface area contributed by atoms with Crippen LogP contribution in [0.4, 0.5) is 5.69 Å². The average Bonchev–Trinajstić information content (AvgIpc) is 2.81. The second-order valence-corrected chi connectivity index (χ2v) is 7.26. The summed E-state index contributed by atoms with van der Waals surface area (Å²) in [7, 11) is 0. The van der Waals surface area contributed by atoms with Crippen LogP contribution in [0, 0.1) is 17.9 Å². The number of hydrogen-bond donors (Lipinski definition) is 0. The van der Waals surface area contributed by atoms with Crippen molar-refractivity contribution in [3.8, 4) is 6.07 Å². The highest BCUT2D eigenvalue weighted by atomic mass is 14.8. The summed E-state index contributed by atoms with van der Waals surface area (Å²) in [5, 5.41) is 15.9. The Morgan fingerprint density at radius 1 is 0.733 bits per heavy atom. The first kappa shape index (κ1) is 16.4. The van der Waals surface area contributed by atoms with Gasteiger partial charge in [-0.1, -0.05) is 60.7 Å². The van der Waals surface area contributed by atoms with Gasteiger partial charge in [-0.3, -0.25) is 4.98 Å². The Morgan fingerprint density at radius 3 is 2.30 bits per heavy atom. The van der Waals surface area contributed by atoms with Gasteiger partial charge in [0.25, 0.3) is 0 Å². The molecule has 30 heavy (non-hydrogen) atoms. The van der Waals surface area contributed by atoms with E-state index in [1.807, 2.05) is 24.3 Å². The smallest absolute Gasteiger partial charge is 0.215 e. The lowest BCUT2D eigenvalue weighted by molar-refractivity contribution is 1.41. The molecule has 1 heterocycles. The van der Waals surface area contributed by atoms with Gasteiger partial charge in [-0.05, 0) is 33.7 Å². The van der Waals surface area contributed by atoms with Crippen molar-refractivity contribution in [2.24, 2.45) is 0 Å². The zero-order chi connectivity index (χ0) is 20.2. The second kappa shape index (κ2) is 5.98. The summed E-state index contributed by atoms with van der Waals surface area (Å²) in [6, 6.07) is 26.1. The molecule has 4 heteroatoms. The van der Waals surface area contributed by atoms with Gasteiger partial charge in [0.2, 0.25) is 5.69 Å². The van der Waals surface area contributed by atoms with Crippen molar-refractivity contribution in [3.05, 3.63) is 89.8 Å². The molecule has 0 unspecified atom stereocenters. The van der Waals surface area contributed by atoms with Gasteiger partial charge in [0.15, 0.2) is 0 Å². The summed E-state index contributed by atoms with van der Waals surface area (Å²) in [5.41, 5.74) is 3.42. The lowest BCUT2D eigenvalue weighted by atomic mass is 9.95. The molecule has 6 rings (SSSR count). The summed E-state index contributed by atoms with van der Waals surface area (Å²) in [4.78, 5) is 13.5. The van der Waals surface area contributed by atoms with Crippen molar-refractivity contribution < 1.29 is 0 Å². The maximum Gasteiger partial charge on any atom is 0.215 e. The van der Waals surface area contributed by atoms with Crippen molar-refractivity contribution in [2.75, 3.05) is 0 Å². The van der Waals surface area contributed by atoms with Gasteiger partial charge in [-0.15, -0.1) is 0 Å². The van der Waals surface area contributed by atoms with E-state index in [4.69, 9.17) is 16.5 Å². The third-order valence-corrected chi connectivity index (χ3v) is 5.64. The van der Waals surface area contributed by atoms with E-state index in [1.165, 1.54) is 0 Å². The van der Waals surface area contributed by atoms with Crippen LogP contribution in [0.25, 0.3) is 59.2 Å². The SMILES string of the molecule is [C-]#[N+]c1cc(C#N)cc2nc3c4ccccc4c4ccc5ccccc5c4c3nc12. The summed E-state index contributed by atoms with van der Waals surface area (Å²) < 4.78 is 0. The first-order chi connectivity index (χ1) is 14.8. The first-order valence-electron chi connectivity index (χ1n) is 9.54. The Hall–Kier alpha value is -4.54. The van der Waals surface area contributed by atoms with Crippen molar-refractivity contribution >= 4 is 60.1 Å². The normalized spacial score (nSPS) is 11.3. The molecule has 5 aromatic carbocycles. The summed E-state index contributed by atoms with van der Waals surface area (Å²) in [6.07, 6.45) is 0. The van der Waals surface area contributed by atoms with Crippen molar-refractivity contribution in [1.82, 2.24) is 9.97 Å². The maximum absolute atomic E-state index is 9.36. The van der Waals surface area contributed by atoms with E-state index in [9.17, 15) is 5.26 Å². The number of benzene rings is 5. The van der Waals surface area contributed by atoms with Crippen molar-refractivity contribution in [3.63, 3.8) is 0 Å². The molecular weight excluding hydrogens is 368 g/mol. The molecule has 0 bridgehead atoms. The number of aromatic nitrogens is 2. The molecule has 6 aromatic rings. The Balaban J connectivity index is 1.98. The Morgan fingerprint density at radius 2 is 1.50 bits per heavy atom. The van der Waals surface area contributed by atoms with E-state index in [0.717, 1.165) is 43.4 Å². The number of nitrogens with zero attached hydrogens (tertiary/aromatic N) is 4. The minimum atomic E-state index is 0.347. The lowest BCUT2D eigenvalue weighted by Gasteiger charge is -2.13. The average molecular weight is 380 g/mol. The molecule has 1 aromatic heterocycles. The number of nitriles is 1. The van der Waals surface area contributed by atoms with Gasteiger partial charge < -0.3 is 0 Å². The Bertz CT molecular complexity index is 1770. The minimum Gasteiger partial charge on any atom is -0.255 e. The molecular formula is C26H12N4. The summed E-state index contributed by atoms with van der Waals surface area (Å²) >= 11 is 0. The number of fused-ring (bicyclic) bond motifs is 9. The van der Waals surface area contributed by atoms with E-state index in [2.05, 4.69) is 47.3 Å². The minimum absolute atomic E-state index is 0.347. The predicted molar refractivity (Wildman–Crippen MR) is 121 cm³/mol. The number of rotatable bonds is 0. The molecule has 0 atom stereocenters. The van der Waals surface area contributed by atoms with Gasteiger partial charge in [-0.2, -0.15) is 5.26 Å². The third kappa shape index (κ3) is 2.13. The van der Waals surface area contributed by atoms with Crippen LogP contribution in [0.3, 0.4) is 0 Å². The lowest BCUT2D eigenvalue weighted by Crippen LogP contribution is -1.93. The molecule has 0 aliphatic heterocycles. The topological polar surface area (TPSA) is 53.9 Å². The molecule has 0 radical (unpaired) electrons. The fraction of sp³-hybridized carbons (Fsp3) is 0. The second-order valence-electron chi connectivity index (χ2n) is 7.26. The summed E-state index contributed by atoms with van der Waals surface area (Å²) in [6.45, 7) is 7.58. The van der Waals surface area contributed by atoms with E-state index in [0.29, 0.717) is 22.3 Å². The standard InChI is InChI=1S/C26H12N4/c1-28-21-12-15(14-27)13-22-25(21)30-26-23-17-7-3-2-6-16(17)10-11-19(23)18-8-4-5-9-20(18)24(26)29-22/h2-13H. The van der Waals surface area contributed by atoms with Gasteiger partial charge in [-0.25, -0.2) is 9.83 Å². The van der Waals surface area contributed by atoms with Crippen LogP contribution in [0.5, 0.6) is 0 Å². The Labute approximate surface area is 171 Å². The maximum atomic E-state index is 9.36. The Kier molecular flexibility index (Phi) is 3.27. The van der Waals surface area contributed by atoms with Gasteiger partial charge in [0, 0.05) is 16.3 Å². The van der Waals surface area contributed by atoms with Crippen LogP contribution < -0.4 is 0 Å². The van der Waals surface area contributed by atoms with Gasteiger partial charge in [0.1, 0.15) is 0 Å². The predicted octanol–water partition coefficient (Wildman–Crippen LogP) is 6.67. The molecule has 0 saturated heterocycles. The van der Waals surface area contributed by atoms with Crippen LogP contribution in [0.15, 0.2) is 72.8 Å². The molecule has 0 saturated carbocycles.